The molecule has 26 heteroatoms. The van der Waals surface area contributed by atoms with Crippen LogP contribution in [0.1, 0.15) is 102 Å². The molecule has 0 radical (unpaired) electrons. The van der Waals surface area contributed by atoms with Crippen molar-refractivity contribution in [2.75, 3.05) is 73.6 Å². The summed E-state index contributed by atoms with van der Waals surface area (Å²) in [5, 5.41) is 24.0. The summed E-state index contributed by atoms with van der Waals surface area (Å²) in [4.78, 5) is 75.4. The predicted octanol–water partition coefficient (Wildman–Crippen LogP) is 2.09. The molecule has 6 amide bonds. The van der Waals surface area contributed by atoms with Crippen LogP contribution in [0.25, 0.3) is 0 Å². The van der Waals surface area contributed by atoms with Gasteiger partial charge in [0.2, 0.25) is 0 Å². The molecule has 0 atom stereocenters. The number of nitrogens with two attached hydrogens (primary N) is 5. The Hall–Kier alpha value is -2.60. The third-order valence-corrected chi connectivity index (χ3v) is 11.2. The van der Waals surface area contributed by atoms with Crippen LogP contribution in [0, 0.1) is 5.41 Å². The number of rotatable bonds is 15. The van der Waals surface area contributed by atoms with Crippen molar-refractivity contribution in [3.05, 3.63) is 106 Å². The molecule has 0 aliphatic carbocycles. The molecule has 3 aromatic rings. The number of thiol groups is 2. The minimum atomic E-state index is -0.233. The summed E-state index contributed by atoms with van der Waals surface area (Å²) in [6, 6.07) is 20.8. The SMILES string of the molecule is Br.C.CCO.N=C(N)SCCCN1C(=O)c2ccccc2C1=O.NC(N)=S.NCCCS.NCCO.O=C1c2ccccc2C(=O)N1CCCBr.O=C1c2ccccc2C(=O)N1CCCSCS.[Na+].[OH-]. The van der Waals surface area contributed by atoms with E-state index in [0.29, 0.717) is 71.7 Å². The summed E-state index contributed by atoms with van der Waals surface area (Å²) in [6.07, 6.45) is 3.26. The maximum atomic E-state index is 12.0. The quantitative estimate of drug-likeness (QED) is 0.0120. The number of fused-ring (bicyclic) bond motifs is 3. The van der Waals surface area contributed by atoms with E-state index in [2.05, 4.69) is 64.9 Å². The molecular formula is C44H68Br2N9NaO9S5. The van der Waals surface area contributed by atoms with E-state index >= 15 is 0 Å². The summed E-state index contributed by atoms with van der Waals surface area (Å²) in [5.41, 5.74) is 27.4. The number of hydrogen-bond acceptors (Lipinski definition) is 17. The molecule has 0 saturated heterocycles. The average molecular weight is 1210 g/mol. The second kappa shape index (κ2) is 46.2. The van der Waals surface area contributed by atoms with E-state index in [4.69, 9.17) is 32.8 Å². The second-order valence-electron chi connectivity index (χ2n) is 13.0. The van der Waals surface area contributed by atoms with Gasteiger partial charge < -0.3 is 44.4 Å². The van der Waals surface area contributed by atoms with Gasteiger partial charge in [0.1, 0.15) is 0 Å². The van der Waals surface area contributed by atoms with Gasteiger partial charge in [-0.3, -0.25) is 48.9 Å². The molecular weight excluding hydrogens is 1140 g/mol. The maximum Gasteiger partial charge on any atom is 1.00 e. The Morgan fingerprint density at radius 2 is 0.914 bits per heavy atom. The third kappa shape index (κ3) is 28.0. The zero-order chi connectivity index (χ0) is 50.0. The number of carbonyl (C=O) groups is 6. The van der Waals surface area contributed by atoms with Crippen LogP contribution >= 0.6 is 93.9 Å². The van der Waals surface area contributed by atoms with Gasteiger partial charge in [-0.25, -0.2) is 0 Å². The zero-order valence-corrected chi connectivity index (χ0v) is 48.2. The number of imide groups is 3. The van der Waals surface area contributed by atoms with Gasteiger partial charge in [0.25, 0.3) is 35.4 Å². The molecule has 14 N–H and O–H groups in total. The molecule has 0 saturated carbocycles. The van der Waals surface area contributed by atoms with Crippen LogP contribution in [0.3, 0.4) is 0 Å². The number of carbonyl (C=O) groups excluding carboxylic acids is 6. The monoisotopic (exact) mass is 1210 g/mol. The van der Waals surface area contributed by atoms with E-state index in [-0.39, 0.29) is 118 Å². The molecule has 3 aliphatic heterocycles. The molecule has 388 valence electrons. The van der Waals surface area contributed by atoms with Crippen molar-refractivity contribution < 1.29 is 74.0 Å². The number of benzene rings is 3. The largest absolute Gasteiger partial charge is 1.00 e. The van der Waals surface area contributed by atoms with E-state index in [1.807, 2.05) is 0 Å². The summed E-state index contributed by atoms with van der Waals surface area (Å²) < 4.78 is 0. The fourth-order valence-electron chi connectivity index (χ4n) is 5.43. The second-order valence-corrected chi connectivity index (χ2v) is 17.7. The number of thioether (sulfide) groups is 2. The van der Waals surface area contributed by atoms with Crippen molar-refractivity contribution in [1.82, 2.24) is 14.7 Å². The minimum Gasteiger partial charge on any atom is -0.870 e. The number of alkyl halides is 1. The van der Waals surface area contributed by atoms with Crippen LogP contribution in [-0.4, -0.2) is 150 Å². The van der Waals surface area contributed by atoms with E-state index in [1.54, 1.807) is 91.5 Å². The van der Waals surface area contributed by atoms with Crippen molar-refractivity contribution in [2.24, 2.45) is 28.7 Å². The van der Waals surface area contributed by atoms with Gasteiger partial charge >= 0.3 is 29.6 Å². The van der Waals surface area contributed by atoms with Gasteiger partial charge in [-0.05, 0) is 99.3 Å². The van der Waals surface area contributed by atoms with Gasteiger partial charge in [-0.2, -0.15) is 37.0 Å². The van der Waals surface area contributed by atoms with E-state index in [9.17, 15) is 28.8 Å². The first-order valence-electron chi connectivity index (χ1n) is 20.4. The number of aliphatic hydroxyl groups is 2. The Balaban J connectivity index is -0.000000255. The minimum absolute atomic E-state index is 0. The van der Waals surface area contributed by atoms with Gasteiger partial charge in [-0.15, -0.1) is 17.0 Å². The van der Waals surface area contributed by atoms with Crippen LogP contribution in [0.15, 0.2) is 72.8 Å². The fraction of sp³-hybridized carbons (Fsp3) is 0.409. The van der Waals surface area contributed by atoms with Gasteiger partial charge in [0, 0.05) is 49.0 Å². The van der Waals surface area contributed by atoms with Gasteiger partial charge in [0.05, 0.1) is 40.0 Å². The van der Waals surface area contributed by atoms with Gasteiger partial charge in [-0.1, -0.05) is 71.5 Å². The Bertz CT molecular complexity index is 1930. The Labute approximate surface area is 477 Å². The number of aliphatic hydroxyl groups excluding tert-OH is 2. The molecule has 3 heterocycles. The molecule has 0 fully saturated rings. The normalized spacial score (nSPS) is 11.8. The first-order chi connectivity index (χ1) is 31.6. The molecule has 0 bridgehead atoms. The van der Waals surface area contributed by atoms with E-state index in [1.165, 1.54) is 26.5 Å². The molecule has 6 rings (SSSR count). The molecule has 3 aromatic carbocycles. The van der Waals surface area contributed by atoms with Crippen LogP contribution < -0.4 is 58.2 Å². The number of hydrogen-bond donors (Lipinski definition) is 10. The van der Waals surface area contributed by atoms with Crippen molar-refractivity contribution in [3.8, 4) is 0 Å². The van der Waals surface area contributed by atoms with Gasteiger partial charge in [0.15, 0.2) is 10.3 Å². The number of halogens is 2. The van der Waals surface area contributed by atoms with Crippen molar-refractivity contribution in [1.29, 1.82) is 5.41 Å². The van der Waals surface area contributed by atoms with Crippen LogP contribution in [0.5, 0.6) is 0 Å². The summed E-state index contributed by atoms with van der Waals surface area (Å²) in [7, 11) is 0. The van der Waals surface area contributed by atoms with Crippen molar-refractivity contribution >= 4 is 140 Å². The smallest absolute Gasteiger partial charge is 0.870 e. The van der Waals surface area contributed by atoms with Crippen molar-refractivity contribution in [3.63, 3.8) is 0 Å². The first kappa shape index (κ1) is 76.3. The standard InChI is InChI=1S/C12H13N3O2S.C12H13NO2S2.C11H10BrNO2.C3H9NS.C2H7NO.C2H6O.CH4N2S.CH4.BrH.Na.H2O/c13-12(14)18-7-3-6-15-10(16)8-4-1-2-5-9(8)11(15)17;14-11-9-4-1-2-5-10(9)12(15)13(11)6-3-7-17-8-16;12-6-3-7-13-10(14)8-4-1-2-5-9(8)11(13)15;4-2-1-3-5;3-1-2-4;1-2-3;2-1(3)4;;;;/h1-2,4-5H,3,6-7H2,(H3,13,14);1-2,4-5,16H,3,6-8H2;1-2,4-5H,3,6-7H2;5H,1-4H2;4H,1-3H2;3H,2H2,1H3;(H4,2,3,4);1H4;1H;;1H2/q;;;;;;;;;+1;/p-1. The first-order valence-corrected chi connectivity index (χ1v) is 25.4. The maximum absolute atomic E-state index is 12.0. The van der Waals surface area contributed by atoms with Crippen LogP contribution in [0.2, 0.25) is 0 Å². The van der Waals surface area contributed by atoms with Crippen LogP contribution in [-0.2, 0) is 0 Å². The summed E-state index contributed by atoms with van der Waals surface area (Å²) in [5.74, 6) is 1.32. The Kier molecular flexibility index (Phi) is 50.4. The molecule has 18 nitrogen and oxygen atoms in total. The molecule has 0 unspecified atom stereocenters. The number of nitrogens with one attached hydrogen (secondary N) is 1. The summed E-state index contributed by atoms with van der Waals surface area (Å²) >= 11 is 18.3. The number of amidine groups is 1. The van der Waals surface area contributed by atoms with Crippen LogP contribution in [0.4, 0.5) is 0 Å². The van der Waals surface area contributed by atoms with E-state index < -0.39 is 0 Å². The molecule has 0 aromatic heterocycles. The third-order valence-electron chi connectivity index (χ3n) is 8.19. The predicted molar refractivity (Wildman–Crippen MR) is 300 cm³/mol. The summed E-state index contributed by atoms with van der Waals surface area (Å²) in [6.45, 7) is 4.51. The Morgan fingerprint density at radius 1 is 0.643 bits per heavy atom. The molecule has 70 heavy (non-hydrogen) atoms. The fourth-order valence-corrected chi connectivity index (χ4v) is 7.21. The Morgan fingerprint density at radius 3 is 1.11 bits per heavy atom. The molecule has 0 spiro atoms. The number of nitrogens with zero attached hydrogens (tertiary/aromatic N) is 3. The average Bonchev–Trinajstić information content (AvgIpc) is 3.81. The zero-order valence-electron chi connectivity index (χ0n) is 38.7. The topological polar surface area (TPSA) is 337 Å². The van der Waals surface area contributed by atoms with E-state index in [0.717, 1.165) is 47.7 Å². The molecule has 3 aliphatic rings. The number of thiocarbonyl (C=S) groups is 1. The number of amides is 6. The van der Waals surface area contributed by atoms with Crippen molar-refractivity contribution in [2.45, 2.75) is 40.0 Å².